The minimum atomic E-state index is -0.696. The lowest BCUT2D eigenvalue weighted by molar-refractivity contribution is -0.155. The Kier molecular flexibility index (Phi) is 6.76. The SMILES string of the molecule is CCC(C)CC(CC)(C(=O)O)N(CC)C(C)C. The van der Waals surface area contributed by atoms with Gasteiger partial charge in [0.25, 0.3) is 0 Å². The summed E-state index contributed by atoms with van der Waals surface area (Å²) in [5, 5.41) is 9.68. The van der Waals surface area contributed by atoms with Gasteiger partial charge in [-0.3, -0.25) is 9.69 Å². The standard InChI is InChI=1S/C14H29NO2/c1-7-12(6)10-14(8-2,13(16)17)15(9-3)11(4)5/h11-12H,7-10H2,1-6H3,(H,16,17). The highest BCUT2D eigenvalue weighted by Crippen LogP contribution is 2.31. The van der Waals surface area contributed by atoms with Crippen molar-refractivity contribution < 1.29 is 9.90 Å². The van der Waals surface area contributed by atoms with Gasteiger partial charge in [0.15, 0.2) is 0 Å². The first-order valence-corrected chi connectivity index (χ1v) is 6.85. The van der Waals surface area contributed by atoms with Gasteiger partial charge < -0.3 is 5.11 Å². The van der Waals surface area contributed by atoms with Crippen molar-refractivity contribution in [2.24, 2.45) is 5.92 Å². The molecule has 0 aromatic carbocycles. The number of likely N-dealkylation sites (N-methyl/N-ethyl adjacent to an activating group) is 1. The van der Waals surface area contributed by atoms with Gasteiger partial charge >= 0.3 is 5.97 Å². The third-order valence-corrected chi connectivity index (χ3v) is 3.88. The van der Waals surface area contributed by atoms with Crippen LogP contribution in [0.25, 0.3) is 0 Å². The van der Waals surface area contributed by atoms with E-state index in [1.807, 2.05) is 13.8 Å². The highest BCUT2D eigenvalue weighted by Gasteiger charge is 2.43. The lowest BCUT2D eigenvalue weighted by Gasteiger charge is -2.43. The molecule has 102 valence electrons. The number of rotatable bonds is 8. The molecule has 0 saturated carbocycles. The maximum atomic E-state index is 11.8. The van der Waals surface area contributed by atoms with Crippen LogP contribution in [0.15, 0.2) is 0 Å². The van der Waals surface area contributed by atoms with Crippen LogP contribution in [0.2, 0.25) is 0 Å². The van der Waals surface area contributed by atoms with Gasteiger partial charge in [0.1, 0.15) is 5.54 Å². The average molecular weight is 243 g/mol. The highest BCUT2D eigenvalue weighted by molar-refractivity contribution is 5.78. The van der Waals surface area contributed by atoms with Crippen molar-refractivity contribution in [3.05, 3.63) is 0 Å². The maximum Gasteiger partial charge on any atom is 0.324 e. The first-order chi connectivity index (χ1) is 7.85. The molecule has 0 rings (SSSR count). The Labute approximate surface area is 106 Å². The Morgan fingerprint density at radius 3 is 2.00 bits per heavy atom. The van der Waals surface area contributed by atoms with Crippen molar-refractivity contribution >= 4 is 5.97 Å². The molecule has 2 atom stereocenters. The largest absolute Gasteiger partial charge is 0.480 e. The predicted molar refractivity (Wildman–Crippen MR) is 72.2 cm³/mol. The van der Waals surface area contributed by atoms with E-state index in [1.165, 1.54) is 0 Å². The summed E-state index contributed by atoms with van der Waals surface area (Å²) in [4.78, 5) is 13.9. The molecular weight excluding hydrogens is 214 g/mol. The van der Waals surface area contributed by atoms with Crippen LogP contribution in [-0.4, -0.2) is 34.1 Å². The van der Waals surface area contributed by atoms with Gasteiger partial charge in [-0.2, -0.15) is 0 Å². The third kappa shape index (κ3) is 3.70. The minimum absolute atomic E-state index is 0.264. The second kappa shape index (κ2) is 7.00. The van der Waals surface area contributed by atoms with Crippen molar-refractivity contribution in [1.29, 1.82) is 0 Å². The second-order valence-electron chi connectivity index (χ2n) is 5.29. The molecule has 17 heavy (non-hydrogen) atoms. The summed E-state index contributed by atoms with van der Waals surface area (Å²) < 4.78 is 0. The molecule has 0 aliphatic carbocycles. The quantitative estimate of drug-likeness (QED) is 0.710. The Hall–Kier alpha value is -0.570. The fourth-order valence-electron chi connectivity index (χ4n) is 2.71. The van der Waals surface area contributed by atoms with E-state index in [4.69, 9.17) is 0 Å². The first kappa shape index (κ1) is 16.4. The van der Waals surface area contributed by atoms with Crippen molar-refractivity contribution in [1.82, 2.24) is 4.90 Å². The lowest BCUT2D eigenvalue weighted by atomic mass is 9.82. The van der Waals surface area contributed by atoms with Crippen molar-refractivity contribution in [3.63, 3.8) is 0 Å². The Morgan fingerprint density at radius 1 is 1.24 bits per heavy atom. The van der Waals surface area contributed by atoms with Crippen molar-refractivity contribution in [2.75, 3.05) is 6.54 Å². The van der Waals surface area contributed by atoms with Crippen LogP contribution >= 0.6 is 0 Å². The van der Waals surface area contributed by atoms with Gasteiger partial charge in [-0.05, 0) is 39.2 Å². The van der Waals surface area contributed by atoms with Crippen molar-refractivity contribution in [2.45, 2.75) is 72.4 Å². The summed E-state index contributed by atoms with van der Waals surface area (Å²) in [6.07, 6.45) is 2.44. The van der Waals surface area contributed by atoms with E-state index in [0.717, 1.165) is 19.4 Å². The van der Waals surface area contributed by atoms with Crippen molar-refractivity contribution in [3.8, 4) is 0 Å². The molecule has 3 heteroatoms. The lowest BCUT2D eigenvalue weighted by Crippen LogP contribution is -2.57. The molecule has 0 fully saturated rings. The molecule has 0 amide bonds. The summed E-state index contributed by atoms with van der Waals surface area (Å²) in [7, 11) is 0. The van der Waals surface area contributed by atoms with Crippen LogP contribution in [0.4, 0.5) is 0 Å². The molecule has 0 saturated heterocycles. The molecule has 0 heterocycles. The van der Waals surface area contributed by atoms with E-state index >= 15 is 0 Å². The number of carboxylic acid groups (broad SMARTS) is 1. The van der Waals surface area contributed by atoms with Gasteiger partial charge in [-0.15, -0.1) is 0 Å². The number of hydrogen-bond acceptors (Lipinski definition) is 2. The molecule has 0 aliphatic rings. The summed E-state index contributed by atoms with van der Waals surface area (Å²) in [5.41, 5.74) is -0.696. The van der Waals surface area contributed by atoms with Crippen LogP contribution < -0.4 is 0 Å². The second-order valence-corrected chi connectivity index (χ2v) is 5.29. The molecular formula is C14H29NO2. The Balaban J connectivity index is 5.25. The van der Waals surface area contributed by atoms with Crippen LogP contribution in [0.5, 0.6) is 0 Å². The third-order valence-electron chi connectivity index (χ3n) is 3.88. The van der Waals surface area contributed by atoms with E-state index in [0.29, 0.717) is 12.3 Å². The fraction of sp³-hybridized carbons (Fsp3) is 0.929. The zero-order chi connectivity index (χ0) is 13.6. The minimum Gasteiger partial charge on any atom is -0.480 e. The molecule has 0 radical (unpaired) electrons. The zero-order valence-electron chi connectivity index (χ0n) is 12.3. The summed E-state index contributed by atoms with van der Waals surface area (Å²) in [5.74, 6) is -0.227. The van der Waals surface area contributed by atoms with E-state index in [-0.39, 0.29) is 6.04 Å². The van der Waals surface area contributed by atoms with Gasteiger partial charge in [0, 0.05) is 6.04 Å². The van der Waals surface area contributed by atoms with Crippen LogP contribution in [-0.2, 0) is 4.79 Å². The molecule has 0 aromatic heterocycles. The number of nitrogens with zero attached hydrogens (tertiary/aromatic N) is 1. The Bertz CT molecular complexity index is 240. The average Bonchev–Trinajstić information content (AvgIpc) is 2.27. The molecule has 0 aliphatic heterocycles. The fourth-order valence-corrected chi connectivity index (χ4v) is 2.71. The van der Waals surface area contributed by atoms with Gasteiger partial charge in [0.2, 0.25) is 0 Å². The first-order valence-electron chi connectivity index (χ1n) is 6.85. The molecule has 0 bridgehead atoms. The van der Waals surface area contributed by atoms with Crippen LogP contribution in [0.1, 0.15) is 60.8 Å². The van der Waals surface area contributed by atoms with E-state index < -0.39 is 11.5 Å². The van der Waals surface area contributed by atoms with E-state index in [2.05, 4.69) is 32.6 Å². The summed E-state index contributed by atoms with van der Waals surface area (Å²) >= 11 is 0. The number of aliphatic carboxylic acids is 1. The normalized spacial score (nSPS) is 17.2. The zero-order valence-corrected chi connectivity index (χ0v) is 12.3. The Morgan fingerprint density at radius 2 is 1.76 bits per heavy atom. The van der Waals surface area contributed by atoms with Gasteiger partial charge in [0.05, 0.1) is 0 Å². The molecule has 3 nitrogen and oxygen atoms in total. The van der Waals surface area contributed by atoms with Crippen LogP contribution in [0.3, 0.4) is 0 Å². The van der Waals surface area contributed by atoms with Gasteiger partial charge in [-0.1, -0.05) is 34.1 Å². The van der Waals surface area contributed by atoms with Gasteiger partial charge in [-0.25, -0.2) is 0 Å². The number of hydrogen-bond donors (Lipinski definition) is 1. The van der Waals surface area contributed by atoms with Crippen LogP contribution in [0, 0.1) is 5.92 Å². The molecule has 2 unspecified atom stereocenters. The topological polar surface area (TPSA) is 40.5 Å². The van der Waals surface area contributed by atoms with E-state index in [1.54, 1.807) is 0 Å². The van der Waals surface area contributed by atoms with E-state index in [9.17, 15) is 9.90 Å². The molecule has 0 spiro atoms. The summed E-state index contributed by atoms with van der Waals surface area (Å²) in [6.45, 7) is 13.2. The summed E-state index contributed by atoms with van der Waals surface area (Å²) in [6, 6.07) is 0.264. The highest BCUT2D eigenvalue weighted by atomic mass is 16.4. The number of carbonyl (C=O) groups is 1. The monoisotopic (exact) mass is 243 g/mol. The maximum absolute atomic E-state index is 11.8. The smallest absolute Gasteiger partial charge is 0.324 e. The number of carboxylic acids is 1. The molecule has 1 N–H and O–H groups in total. The predicted octanol–water partition coefficient (Wildman–Crippen LogP) is 3.39. The molecule has 0 aromatic rings.